The zero-order valence-corrected chi connectivity index (χ0v) is 6.65. The molecule has 0 aliphatic carbocycles. The summed E-state index contributed by atoms with van der Waals surface area (Å²) in [5, 5.41) is 0. The molecule has 0 nitrogen and oxygen atoms in total. The van der Waals surface area contributed by atoms with Gasteiger partial charge in [0, 0.05) is 0 Å². The summed E-state index contributed by atoms with van der Waals surface area (Å²) < 4.78 is 72.7. The topological polar surface area (TPSA) is 0 Å². The van der Waals surface area contributed by atoms with Crippen molar-refractivity contribution < 1.29 is 26.1 Å². The van der Waals surface area contributed by atoms with Gasteiger partial charge in [-0.1, -0.05) is 12.1 Å². The SMILES string of the molecule is Fc1ccc([B-](F)(F)F)cc1C(F)F. The molecule has 78 valence electrons. The molecular weight excluding hydrogens is 209 g/mol. The van der Waals surface area contributed by atoms with E-state index < -0.39 is 30.2 Å². The quantitative estimate of drug-likeness (QED) is 0.523. The lowest BCUT2D eigenvalue weighted by Crippen LogP contribution is -2.34. The molecule has 0 atom stereocenters. The van der Waals surface area contributed by atoms with Crippen LogP contribution in [0.5, 0.6) is 0 Å². The molecule has 0 amide bonds. The summed E-state index contributed by atoms with van der Waals surface area (Å²) >= 11 is 0. The minimum Gasteiger partial charge on any atom is -0.445 e. The summed E-state index contributed by atoms with van der Waals surface area (Å²) in [6, 6.07) is 0.979. The van der Waals surface area contributed by atoms with Crippen LogP contribution in [0.3, 0.4) is 0 Å². The van der Waals surface area contributed by atoms with Crippen LogP contribution >= 0.6 is 0 Å². The highest BCUT2D eigenvalue weighted by atomic mass is 19.4. The largest absolute Gasteiger partial charge is 0.509 e. The first kappa shape index (κ1) is 10.9. The van der Waals surface area contributed by atoms with Crippen molar-refractivity contribution in [2.24, 2.45) is 0 Å². The molecule has 1 aromatic rings. The number of benzene rings is 1. The molecule has 0 heterocycles. The molecule has 0 saturated heterocycles. The summed E-state index contributed by atoms with van der Waals surface area (Å²) in [5.41, 5.74) is -2.44. The minimum atomic E-state index is -5.37. The van der Waals surface area contributed by atoms with E-state index in [4.69, 9.17) is 0 Å². The zero-order chi connectivity index (χ0) is 10.9. The molecule has 0 fully saturated rings. The van der Waals surface area contributed by atoms with E-state index in [9.17, 15) is 26.1 Å². The van der Waals surface area contributed by atoms with Gasteiger partial charge >= 0.3 is 6.98 Å². The second-order valence-corrected chi connectivity index (χ2v) is 2.66. The highest BCUT2D eigenvalue weighted by Gasteiger charge is 2.27. The number of rotatable bonds is 2. The third-order valence-electron chi connectivity index (χ3n) is 1.63. The first-order valence-electron chi connectivity index (χ1n) is 3.60. The van der Waals surface area contributed by atoms with Gasteiger partial charge in [-0.2, -0.15) is 0 Å². The Balaban J connectivity index is 3.20. The maximum atomic E-state index is 12.6. The summed E-state index contributed by atoms with van der Waals surface area (Å²) in [7, 11) is 0. The molecule has 0 saturated carbocycles. The molecule has 7 heteroatoms. The molecule has 0 bridgehead atoms. The third kappa shape index (κ3) is 2.21. The van der Waals surface area contributed by atoms with E-state index in [-0.39, 0.29) is 6.07 Å². The van der Waals surface area contributed by atoms with E-state index in [1.165, 1.54) is 0 Å². The van der Waals surface area contributed by atoms with E-state index in [0.717, 1.165) is 0 Å². The van der Waals surface area contributed by atoms with Gasteiger partial charge in [-0.05, 0) is 6.07 Å². The van der Waals surface area contributed by atoms with Gasteiger partial charge in [0.1, 0.15) is 5.82 Å². The van der Waals surface area contributed by atoms with E-state index in [2.05, 4.69) is 0 Å². The second-order valence-electron chi connectivity index (χ2n) is 2.66. The molecule has 1 aromatic carbocycles. The Bertz CT molecular complexity index is 331. The summed E-state index contributed by atoms with van der Waals surface area (Å²) in [6.45, 7) is -5.37. The molecule has 0 aromatic heterocycles. The van der Waals surface area contributed by atoms with Crippen molar-refractivity contribution in [3.8, 4) is 0 Å². The average Bonchev–Trinajstić information content (AvgIpc) is 2.02. The van der Waals surface area contributed by atoms with Crippen molar-refractivity contribution in [1.29, 1.82) is 0 Å². The lowest BCUT2D eigenvalue weighted by molar-refractivity contribution is 0.146. The summed E-state index contributed by atoms with van der Waals surface area (Å²) in [5.74, 6) is -1.33. The van der Waals surface area contributed by atoms with Crippen molar-refractivity contribution in [3.63, 3.8) is 0 Å². The average molecular weight is 213 g/mol. The lowest BCUT2D eigenvalue weighted by Gasteiger charge is -2.15. The first-order valence-corrected chi connectivity index (χ1v) is 3.60. The maximum Gasteiger partial charge on any atom is 0.509 e. The Morgan fingerprint density at radius 2 is 1.64 bits per heavy atom. The minimum absolute atomic E-state index is 0.139. The summed E-state index contributed by atoms with van der Waals surface area (Å²) in [4.78, 5) is 0. The Morgan fingerprint density at radius 1 is 1.07 bits per heavy atom. The van der Waals surface area contributed by atoms with Crippen molar-refractivity contribution in [3.05, 3.63) is 29.6 Å². The molecular formula is C7H4BF6-. The predicted molar refractivity (Wildman–Crippen MR) is 40.1 cm³/mol. The Morgan fingerprint density at radius 3 is 2.07 bits per heavy atom. The highest BCUT2D eigenvalue weighted by Crippen LogP contribution is 2.22. The van der Waals surface area contributed by atoms with Gasteiger partial charge in [-0.3, -0.25) is 0 Å². The number of alkyl halides is 2. The normalized spacial score (nSPS) is 12.2. The van der Waals surface area contributed by atoms with Crippen LogP contribution in [0.4, 0.5) is 26.1 Å². The van der Waals surface area contributed by atoms with Crippen molar-refractivity contribution in [2.75, 3.05) is 0 Å². The third-order valence-corrected chi connectivity index (χ3v) is 1.63. The van der Waals surface area contributed by atoms with Gasteiger partial charge in [0.2, 0.25) is 0 Å². The molecule has 14 heavy (non-hydrogen) atoms. The first-order chi connectivity index (χ1) is 6.32. The fourth-order valence-electron chi connectivity index (χ4n) is 0.933. The van der Waals surface area contributed by atoms with Crippen LogP contribution in [-0.2, 0) is 0 Å². The highest BCUT2D eigenvalue weighted by molar-refractivity contribution is 6.73. The molecule has 0 unspecified atom stereocenters. The predicted octanol–water partition coefficient (Wildman–Crippen LogP) is 2.82. The van der Waals surface area contributed by atoms with Gasteiger partial charge in [-0.25, -0.2) is 13.2 Å². The molecule has 1 rings (SSSR count). The number of halogens is 6. The van der Waals surface area contributed by atoms with Crippen LogP contribution in [0, 0.1) is 5.82 Å². The van der Waals surface area contributed by atoms with Crippen LogP contribution < -0.4 is 5.46 Å². The second kappa shape index (κ2) is 3.55. The fourth-order valence-corrected chi connectivity index (χ4v) is 0.933. The van der Waals surface area contributed by atoms with E-state index in [1.54, 1.807) is 0 Å². The van der Waals surface area contributed by atoms with Crippen LogP contribution in [0.25, 0.3) is 0 Å². The lowest BCUT2D eigenvalue weighted by atomic mass is 9.79. The molecule has 0 spiro atoms. The van der Waals surface area contributed by atoms with E-state index >= 15 is 0 Å². The maximum absolute atomic E-state index is 12.6. The van der Waals surface area contributed by atoms with Gasteiger partial charge in [0.05, 0.1) is 5.56 Å². The van der Waals surface area contributed by atoms with Gasteiger partial charge < -0.3 is 12.9 Å². The molecule has 0 N–H and O–H groups in total. The Hall–Kier alpha value is -1.14. The van der Waals surface area contributed by atoms with Gasteiger partial charge in [-0.15, -0.1) is 5.46 Å². The van der Waals surface area contributed by atoms with Crippen molar-refractivity contribution in [1.82, 2.24) is 0 Å². The van der Waals surface area contributed by atoms with Gasteiger partial charge in [0.15, 0.2) is 0 Å². The standard InChI is InChI=1S/C7H4BF6/c9-6-2-1-4(8(12,13)14)3-5(6)7(10)11/h1-3,7H/q-1. The molecule has 0 aliphatic rings. The van der Waals surface area contributed by atoms with Crippen LogP contribution in [0.2, 0.25) is 0 Å². The molecule has 0 radical (unpaired) electrons. The van der Waals surface area contributed by atoms with Crippen LogP contribution in [0.15, 0.2) is 18.2 Å². The number of hydrogen-bond acceptors (Lipinski definition) is 0. The van der Waals surface area contributed by atoms with Crippen LogP contribution in [0.1, 0.15) is 12.0 Å². The Labute approximate surface area is 75.6 Å². The Kier molecular flexibility index (Phi) is 2.77. The summed E-state index contributed by atoms with van der Waals surface area (Å²) in [6.07, 6.45) is -3.24. The zero-order valence-electron chi connectivity index (χ0n) is 6.65. The van der Waals surface area contributed by atoms with Crippen molar-refractivity contribution in [2.45, 2.75) is 6.43 Å². The van der Waals surface area contributed by atoms with Gasteiger partial charge in [0.25, 0.3) is 6.43 Å². The van der Waals surface area contributed by atoms with E-state index in [0.29, 0.717) is 12.1 Å². The van der Waals surface area contributed by atoms with Crippen LogP contribution in [-0.4, -0.2) is 6.98 Å². The van der Waals surface area contributed by atoms with E-state index in [1.807, 2.05) is 0 Å². The smallest absolute Gasteiger partial charge is 0.445 e. The number of hydrogen-bond donors (Lipinski definition) is 0. The molecule has 0 aliphatic heterocycles. The fraction of sp³-hybridized carbons (Fsp3) is 0.143. The van der Waals surface area contributed by atoms with Crippen molar-refractivity contribution >= 4 is 12.4 Å². The monoisotopic (exact) mass is 213 g/mol.